The fraction of sp³-hybridized carbons (Fsp3) is 0.824. The van der Waals surface area contributed by atoms with Crippen molar-refractivity contribution in [1.82, 2.24) is 10.6 Å². The number of hydrogen-bond acceptors (Lipinski definition) is 9. The highest BCUT2D eigenvalue weighted by atomic mass is 16.7. The van der Waals surface area contributed by atoms with Gasteiger partial charge in [-0.05, 0) is 12.8 Å². The molecule has 0 aromatic heterocycles. The van der Waals surface area contributed by atoms with E-state index in [4.69, 9.17) is 9.47 Å². The molecular formula is C17H30N2O9. The Morgan fingerprint density at radius 2 is 1.79 bits per heavy atom. The minimum atomic E-state index is -1.38. The number of hydrogen-bond donors (Lipinski definition) is 5. The summed E-state index contributed by atoms with van der Waals surface area (Å²) in [6.07, 6.45) is -3.32. The summed E-state index contributed by atoms with van der Waals surface area (Å²) in [5, 5.41) is 34.4. The maximum atomic E-state index is 11.7. The Morgan fingerprint density at radius 3 is 2.39 bits per heavy atom. The summed E-state index contributed by atoms with van der Waals surface area (Å²) in [5.74, 6) is -0.972. The van der Waals surface area contributed by atoms with Gasteiger partial charge in [0.2, 0.25) is 11.8 Å². The fourth-order valence-corrected chi connectivity index (χ4v) is 2.72. The van der Waals surface area contributed by atoms with Gasteiger partial charge in [0.15, 0.2) is 6.29 Å². The van der Waals surface area contributed by atoms with Crippen LogP contribution in [0.15, 0.2) is 0 Å². The molecule has 28 heavy (non-hydrogen) atoms. The van der Waals surface area contributed by atoms with E-state index in [9.17, 15) is 29.7 Å². The molecule has 0 aliphatic carbocycles. The van der Waals surface area contributed by atoms with E-state index in [1.54, 1.807) is 0 Å². The van der Waals surface area contributed by atoms with E-state index >= 15 is 0 Å². The summed E-state index contributed by atoms with van der Waals surface area (Å²) < 4.78 is 15.4. The number of rotatable bonds is 11. The third kappa shape index (κ3) is 8.07. The van der Waals surface area contributed by atoms with Gasteiger partial charge in [-0.2, -0.15) is 0 Å². The van der Waals surface area contributed by atoms with Crippen LogP contribution in [0.3, 0.4) is 0 Å². The number of carbonyl (C=O) groups excluding carboxylic acids is 3. The van der Waals surface area contributed by atoms with Gasteiger partial charge < -0.3 is 40.2 Å². The van der Waals surface area contributed by atoms with Gasteiger partial charge in [-0.15, -0.1) is 0 Å². The molecular weight excluding hydrogens is 376 g/mol. The number of methoxy groups -OCH3 is 1. The number of nitrogens with one attached hydrogen (secondary N) is 2. The van der Waals surface area contributed by atoms with Crippen molar-refractivity contribution >= 4 is 17.8 Å². The van der Waals surface area contributed by atoms with Crippen molar-refractivity contribution in [2.24, 2.45) is 0 Å². The van der Waals surface area contributed by atoms with Gasteiger partial charge in [0.25, 0.3) is 0 Å². The normalized spacial score (nSPS) is 27.1. The Hall–Kier alpha value is -1.79. The molecule has 5 atom stereocenters. The van der Waals surface area contributed by atoms with E-state index < -0.39 is 43.2 Å². The number of aliphatic hydroxyl groups is 3. The van der Waals surface area contributed by atoms with Crippen LogP contribution in [0.5, 0.6) is 0 Å². The largest absolute Gasteiger partial charge is 0.469 e. The van der Waals surface area contributed by atoms with Crippen LogP contribution in [0.2, 0.25) is 0 Å². The van der Waals surface area contributed by atoms with Crippen LogP contribution in [0.1, 0.15) is 32.6 Å². The van der Waals surface area contributed by atoms with Crippen LogP contribution in [-0.2, 0) is 28.6 Å². The molecule has 11 heteroatoms. The second-order valence-corrected chi connectivity index (χ2v) is 6.44. The molecule has 11 nitrogen and oxygen atoms in total. The van der Waals surface area contributed by atoms with Crippen molar-refractivity contribution in [3.63, 3.8) is 0 Å². The lowest BCUT2D eigenvalue weighted by Crippen LogP contribution is -2.64. The van der Waals surface area contributed by atoms with Crippen LogP contribution in [0.4, 0.5) is 0 Å². The highest BCUT2D eigenvalue weighted by molar-refractivity contribution is 5.76. The van der Waals surface area contributed by atoms with Crippen LogP contribution in [0.25, 0.3) is 0 Å². The van der Waals surface area contributed by atoms with E-state index in [2.05, 4.69) is 15.4 Å². The molecule has 1 aliphatic heterocycles. The molecule has 1 aliphatic rings. The minimum absolute atomic E-state index is 0.0234. The van der Waals surface area contributed by atoms with E-state index in [0.29, 0.717) is 12.8 Å². The molecule has 0 bridgehead atoms. The fourth-order valence-electron chi connectivity index (χ4n) is 2.72. The molecule has 0 aromatic carbocycles. The predicted molar refractivity (Wildman–Crippen MR) is 94.8 cm³/mol. The standard InChI is InChI=1S/C17H30N2O9/c1-10(21)19-14-16(25)15(24)11(9-20)28-17(14)27-8-7-18-12(22)5-3-4-6-13(23)26-2/h11,14-17,20,24-25H,3-9H2,1-2H3,(H,18,22)(H,19,21)/t11-,14-,15+,16-,17?/m1/s1. The van der Waals surface area contributed by atoms with Crippen molar-refractivity contribution < 1.29 is 43.9 Å². The second kappa shape index (κ2) is 12.6. The zero-order valence-corrected chi connectivity index (χ0v) is 16.1. The Balaban J connectivity index is 2.36. The highest BCUT2D eigenvalue weighted by Crippen LogP contribution is 2.22. The van der Waals surface area contributed by atoms with Crippen LogP contribution < -0.4 is 10.6 Å². The van der Waals surface area contributed by atoms with Crippen LogP contribution >= 0.6 is 0 Å². The number of esters is 1. The number of unbranched alkanes of at least 4 members (excludes halogenated alkanes) is 1. The molecule has 0 spiro atoms. The molecule has 5 N–H and O–H groups in total. The number of ether oxygens (including phenoxy) is 3. The maximum absolute atomic E-state index is 11.7. The van der Waals surface area contributed by atoms with E-state index in [1.165, 1.54) is 14.0 Å². The Kier molecular flexibility index (Phi) is 10.9. The van der Waals surface area contributed by atoms with Crippen molar-refractivity contribution in [3.05, 3.63) is 0 Å². The van der Waals surface area contributed by atoms with Gasteiger partial charge >= 0.3 is 5.97 Å². The summed E-state index contributed by atoms with van der Waals surface area (Å²) in [6.45, 7) is 0.891. The van der Waals surface area contributed by atoms with Gasteiger partial charge in [0.05, 0.1) is 20.3 Å². The highest BCUT2D eigenvalue weighted by Gasteiger charge is 2.45. The molecule has 1 rings (SSSR count). The number of amides is 2. The van der Waals surface area contributed by atoms with Crippen molar-refractivity contribution in [2.45, 2.75) is 63.3 Å². The van der Waals surface area contributed by atoms with Gasteiger partial charge in [-0.25, -0.2) is 0 Å². The van der Waals surface area contributed by atoms with Crippen molar-refractivity contribution in [1.29, 1.82) is 0 Å². The lowest BCUT2D eigenvalue weighted by atomic mass is 9.97. The third-order valence-electron chi connectivity index (χ3n) is 4.22. The maximum Gasteiger partial charge on any atom is 0.305 e. The first kappa shape index (κ1) is 24.2. The lowest BCUT2D eigenvalue weighted by Gasteiger charge is -2.42. The van der Waals surface area contributed by atoms with Gasteiger partial charge in [-0.3, -0.25) is 14.4 Å². The van der Waals surface area contributed by atoms with E-state index in [1.807, 2.05) is 0 Å². The van der Waals surface area contributed by atoms with Gasteiger partial charge in [0, 0.05) is 26.3 Å². The van der Waals surface area contributed by atoms with E-state index in [0.717, 1.165) is 0 Å². The first-order valence-corrected chi connectivity index (χ1v) is 9.14. The summed E-state index contributed by atoms with van der Waals surface area (Å²) in [7, 11) is 1.31. The Labute approximate surface area is 163 Å². The first-order valence-electron chi connectivity index (χ1n) is 9.14. The van der Waals surface area contributed by atoms with E-state index in [-0.39, 0.29) is 37.9 Å². The zero-order chi connectivity index (χ0) is 21.1. The number of aliphatic hydroxyl groups excluding tert-OH is 3. The Bertz CT molecular complexity index is 517. The van der Waals surface area contributed by atoms with Crippen molar-refractivity contribution in [3.8, 4) is 0 Å². The third-order valence-corrected chi connectivity index (χ3v) is 4.22. The monoisotopic (exact) mass is 406 g/mol. The Morgan fingerprint density at radius 1 is 1.11 bits per heavy atom. The molecule has 1 heterocycles. The zero-order valence-electron chi connectivity index (χ0n) is 16.1. The topological polar surface area (TPSA) is 164 Å². The summed E-state index contributed by atoms with van der Waals surface area (Å²) in [4.78, 5) is 34.0. The van der Waals surface area contributed by atoms with Gasteiger partial charge in [-0.1, -0.05) is 0 Å². The number of carbonyl (C=O) groups is 3. The first-order chi connectivity index (χ1) is 13.3. The molecule has 0 aromatic rings. The smallest absolute Gasteiger partial charge is 0.305 e. The lowest BCUT2D eigenvalue weighted by molar-refractivity contribution is -0.269. The predicted octanol–water partition coefficient (Wildman–Crippen LogP) is -2.20. The minimum Gasteiger partial charge on any atom is -0.469 e. The molecule has 162 valence electrons. The van der Waals surface area contributed by atoms with Crippen molar-refractivity contribution in [2.75, 3.05) is 26.9 Å². The second-order valence-electron chi connectivity index (χ2n) is 6.44. The summed E-state index contributed by atoms with van der Waals surface area (Å²) >= 11 is 0. The van der Waals surface area contributed by atoms with Crippen LogP contribution in [-0.4, -0.2) is 90.6 Å². The molecule has 1 saturated heterocycles. The molecule has 0 saturated carbocycles. The molecule has 2 amide bonds. The molecule has 1 fully saturated rings. The summed E-state index contributed by atoms with van der Waals surface area (Å²) in [6, 6.07) is -1.02. The average molecular weight is 406 g/mol. The van der Waals surface area contributed by atoms with Gasteiger partial charge in [0.1, 0.15) is 24.4 Å². The molecule has 0 radical (unpaired) electrons. The molecule has 1 unspecified atom stereocenters. The average Bonchev–Trinajstić information content (AvgIpc) is 2.66. The van der Waals surface area contributed by atoms with Crippen LogP contribution in [0, 0.1) is 0 Å². The SMILES string of the molecule is COC(=O)CCCCC(=O)NCCOC1O[C@H](CO)[C@H](O)[C@H](O)[C@H]1NC(C)=O. The summed E-state index contributed by atoms with van der Waals surface area (Å²) in [5.41, 5.74) is 0. The quantitative estimate of drug-likeness (QED) is 0.189.